The maximum absolute atomic E-state index is 12.2. The highest BCUT2D eigenvalue weighted by Crippen LogP contribution is 2.21. The van der Waals surface area contributed by atoms with Gasteiger partial charge in [0, 0.05) is 25.4 Å². The van der Waals surface area contributed by atoms with Crippen LogP contribution < -0.4 is 5.32 Å². The van der Waals surface area contributed by atoms with Crippen molar-refractivity contribution in [3.8, 4) is 0 Å². The van der Waals surface area contributed by atoms with E-state index in [-0.39, 0.29) is 6.04 Å². The van der Waals surface area contributed by atoms with E-state index in [0.29, 0.717) is 13.1 Å². The number of sulfone groups is 1. The molecule has 6 nitrogen and oxygen atoms in total. The minimum absolute atomic E-state index is 0.118. The summed E-state index contributed by atoms with van der Waals surface area (Å²) in [4.78, 5) is 0. The molecule has 0 amide bonds. The SMILES string of the molecule is CCCNCC1CCCCN1S(=O)(=O)CS(C)(=O)=O. The van der Waals surface area contributed by atoms with E-state index in [1.807, 2.05) is 6.92 Å². The van der Waals surface area contributed by atoms with Gasteiger partial charge < -0.3 is 5.32 Å². The molecule has 1 aliphatic rings. The normalized spacial score (nSPS) is 22.5. The van der Waals surface area contributed by atoms with Gasteiger partial charge in [0.1, 0.15) is 0 Å². The lowest BCUT2D eigenvalue weighted by molar-refractivity contribution is 0.247. The molecule has 114 valence electrons. The van der Waals surface area contributed by atoms with E-state index in [4.69, 9.17) is 0 Å². The molecule has 1 rings (SSSR count). The molecule has 0 aromatic heterocycles. The van der Waals surface area contributed by atoms with Gasteiger partial charge >= 0.3 is 0 Å². The molecule has 19 heavy (non-hydrogen) atoms. The molecule has 0 aromatic rings. The fourth-order valence-electron chi connectivity index (χ4n) is 2.33. The molecule has 0 spiro atoms. The van der Waals surface area contributed by atoms with Gasteiger partial charge in [-0.3, -0.25) is 0 Å². The number of hydrogen-bond donors (Lipinski definition) is 1. The largest absolute Gasteiger partial charge is 0.315 e. The molecular formula is C11H24N2O4S2. The Bertz CT molecular complexity index is 473. The number of piperidine rings is 1. The van der Waals surface area contributed by atoms with Crippen LogP contribution in [-0.2, 0) is 19.9 Å². The molecule has 0 radical (unpaired) electrons. The van der Waals surface area contributed by atoms with Crippen molar-refractivity contribution in [2.75, 3.05) is 31.0 Å². The van der Waals surface area contributed by atoms with Gasteiger partial charge in [0.05, 0.1) is 0 Å². The summed E-state index contributed by atoms with van der Waals surface area (Å²) >= 11 is 0. The van der Waals surface area contributed by atoms with Crippen LogP contribution in [0.25, 0.3) is 0 Å². The first-order valence-electron chi connectivity index (χ1n) is 6.64. The van der Waals surface area contributed by atoms with Crippen molar-refractivity contribution < 1.29 is 16.8 Å². The van der Waals surface area contributed by atoms with Gasteiger partial charge in [-0.25, -0.2) is 16.8 Å². The van der Waals surface area contributed by atoms with Gasteiger partial charge in [-0.1, -0.05) is 13.3 Å². The zero-order chi connectivity index (χ0) is 14.5. The van der Waals surface area contributed by atoms with E-state index in [1.165, 1.54) is 4.31 Å². The topological polar surface area (TPSA) is 83.6 Å². The molecule has 1 heterocycles. The third-order valence-electron chi connectivity index (χ3n) is 3.10. The summed E-state index contributed by atoms with van der Waals surface area (Å²) in [7, 11) is -7.25. The van der Waals surface area contributed by atoms with Crippen molar-refractivity contribution in [1.29, 1.82) is 0 Å². The molecule has 1 saturated heterocycles. The van der Waals surface area contributed by atoms with Crippen molar-refractivity contribution in [3.63, 3.8) is 0 Å². The summed E-state index contributed by atoms with van der Waals surface area (Å²) in [6, 6.07) is -0.118. The van der Waals surface area contributed by atoms with Gasteiger partial charge in [0.2, 0.25) is 10.0 Å². The molecule has 0 aliphatic carbocycles. The van der Waals surface area contributed by atoms with E-state index >= 15 is 0 Å². The lowest BCUT2D eigenvalue weighted by Crippen LogP contribution is -2.49. The standard InChI is InChI=1S/C11H24N2O4S2/c1-3-7-12-9-11-6-4-5-8-13(11)19(16,17)10-18(2,14)15/h11-12H,3-10H2,1-2H3. The van der Waals surface area contributed by atoms with Crippen LogP contribution in [-0.4, -0.2) is 58.2 Å². The summed E-state index contributed by atoms with van der Waals surface area (Å²) in [5, 5.41) is 2.43. The van der Waals surface area contributed by atoms with Gasteiger partial charge in [-0.15, -0.1) is 0 Å². The zero-order valence-electron chi connectivity index (χ0n) is 11.6. The zero-order valence-corrected chi connectivity index (χ0v) is 13.3. The first-order valence-corrected chi connectivity index (χ1v) is 10.3. The average Bonchev–Trinajstić information content (AvgIpc) is 2.27. The van der Waals surface area contributed by atoms with E-state index in [9.17, 15) is 16.8 Å². The van der Waals surface area contributed by atoms with Crippen molar-refractivity contribution in [2.24, 2.45) is 0 Å². The molecule has 0 saturated carbocycles. The Morgan fingerprint density at radius 1 is 1.21 bits per heavy atom. The first kappa shape index (κ1) is 16.9. The molecule has 1 atom stereocenters. The number of sulfonamides is 1. The third-order valence-corrected chi connectivity index (χ3v) is 7.20. The van der Waals surface area contributed by atoms with Crippen LogP contribution in [0, 0.1) is 0 Å². The Balaban J connectivity index is 2.75. The minimum Gasteiger partial charge on any atom is -0.315 e. The van der Waals surface area contributed by atoms with Crippen LogP contribution >= 0.6 is 0 Å². The van der Waals surface area contributed by atoms with Crippen molar-refractivity contribution in [2.45, 2.75) is 38.6 Å². The van der Waals surface area contributed by atoms with E-state index in [2.05, 4.69) is 5.32 Å². The minimum atomic E-state index is -3.72. The second kappa shape index (κ2) is 7.01. The van der Waals surface area contributed by atoms with Gasteiger partial charge in [-0.05, 0) is 25.8 Å². The second-order valence-corrected chi connectivity index (χ2v) is 9.55. The Hall–Kier alpha value is -0.180. The summed E-state index contributed by atoms with van der Waals surface area (Å²) in [6.45, 7) is 3.91. The molecular weight excluding hydrogens is 288 g/mol. The van der Waals surface area contributed by atoms with E-state index < -0.39 is 24.9 Å². The Labute approximate surface area is 116 Å². The molecule has 1 unspecified atom stereocenters. The molecule has 0 bridgehead atoms. The van der Waals surface area contributed by atoms with Crippen molar-refractivity contribution in [3.05, 3.63) is 0 Å². The summed E-state index contributed by atoms with van der Waals surface area (Å²) in [5.74, 6) is 0. The predicted molar refractivity (Wildman–Crippen MR) is 76.1 cm³/mol. The fraction of sp³-hybridized carbons (Fsp3) is 1.00. The lowest BCUT2D eigenvalue weighted by Gasteiger charge is -2.34. The lowest BCUT2D eigenvalue weighted by atomic mass is 10.1. The van der Waals surface area contributed by atoms with Crippen LogP contribution in [0.2, 0.25) is 0 Å². The molecule has 1 fully saturated rings. The van der Waals surface area contributed by atoms with Crippen LogP contribution in [0.1, 0.15) is 32.6 Å². The summed E-state index contributed by atoms with van der Waals surface area (Å²) in [6.07, 6.45) is 4.53. The highest BCUT2D eigenvalue weighted by molar-refractivity contribution is 8.06. The molecule has 8 heteroatoms. The first-order chi connectivity index (χ1) is 8.76. The van der Waals surface area contributed by atoms with E-state index in [1.54, 1.807) is 0 Å². The summed E-state index contributed by atoms with van der Waals surface area (Å²) in [5.41, 5.74) is 0. The average molecular weight is 312 g/mol. The van der Waals surface area contributed by atoms with Crippen molar-refractivity contribution in [1.82, 2.24) is 9.62 Å². The highest BCUT2D eigenvalue weighted by Gasteiger charge is 2.34. The molecule has 1 N–H and O–H groups in total. The number of nitrogens with one attached hydrogen (secondary N) is 1. The van der Waals surface area contributed by atoms with Gasteiger partial charge in [0.15, 0.2) is 14.9 Å². The fourth-order valence-corrected chi connectivity index (χ4v) is 6.08. The van der Waals surface area contributed by atoms with Gasteiger partial charge in [-0.2, -0.15) is 4.31 Å². The van der Waals surface area contributed by atoms with Crippen LogP contribution in [0.5, 0.6) is 0 Å². The Kier molecular flexibility index (Phi) is 6.22. The third kappa shape index (κ3) is 5.76. The number of nitrogens with zero attached hydrogens (tertiary/aromatic N) is 1. The Morgan fingerprint density at radius 3 is 2.47 bits per heavy atom. The van der Waals surface area contributed by atoms with Gasteiger partial charge in [0.25, 0.3) is 0 Å². The quantitative estimate of drug-likeness (QED) is 0.678. The highest BCUT2D eigenvalue weighted by atomic mass is 32.3. The maximum atomic E-state index is 12.2. The monoisotopic (exact) mass is 312 g/mol. The van der Waals surface area contributed by atoms with Crippen LogP contribution in [0.3, 0.4) is 0 Å². The smallest absolute Gasteiger partial charge is 0.228 e. The summed E-state index contributed by atoms with van der Waals surface area (Å²) < 4.78 is 48.2. The van der Waals surface area contributed by atoms with Crippen LogP contribution in [0.15, 0.2) is 0 Å². The molecule has 1 aliphatic heterocycles. The Morgan fingerprint density at radius 2 is 1.89 bits per heavy atom. The number of hydrogen-bond acceptors (Lipinski definition) is 5. The van der Waals surface area contributed by atoms with E-state index in [0.717, 1.165) is 38.5 Å². The van der Waals surface area contributed by atoms with Crippen molar-refractivity contribution >= 4 is 19.9 Å². The molecule has 0 aromatic carbocycles. The second-order valence-electron chi connectivity index (χ2n) is 5.12. The number of rotatable bonds is 7. The maximum Gasteiger partial charge on any atom is 0.228 e. The predicted octanol–water partition coefficient (Wildman–Crippen LogP) is 0.172. The van der Waals surface area contributed by atoms with Crippen LogP contribution in [0.4, 0.5) is 0 Å².